The molecule has 0 unspecified atom stereocenters. The Balaban J connectivity index is 2.54. The van der Waals surface area contributed by atoms with Crippen LogP contribution in [0.3, 0.4) is 0 Å². The highest BCUT2D eigenvalue weighted by molar-refractivity contribution is 6.30. The maximum atomic E-state index is 13.8. The second-order valence-corrected chi connectivity index (χ2v) is 4.92. The summed E-state index contributed by atoms with van der Waals surface area (Å²) >= 11 is 6.12. The second-order valence-electron chi connectivity index (χ2n) is 4.57. The van der Waals surface area contributed by atoms with Crippen molar-refractivity contribution >= 4 is 23.1 Å². The van der Waals surface area contributed by atoms with E-state index in [0.717, 1.165) is 5.56 Å². The maximum absolute atomic E-state index is 13.8. The first-order chi connectivity index (χ1) is 9.02. The lowest BCUT2D eigenvalue weighted by atomic mass is 10.1. The lowest BCUT2D eigenvalue weighted by Gasteiger charge is -2.23. The largest absolute Gasteiger partial charge is 0.327 e. The van der Waals surface area contributed by atoms with Crippen molar-refractivity contribution in [3.63, 3.8) is 0 Å². The highest BCUT2D eigenvalue weighted by Crippen LogP contribution is 2.34. The third-order valence-corrected chi connectivity index (χ3v) is 3.22. The molecule has 0 aliphatic heterocycles. The Morgan fingerprint density at radius 1 is 1.21 bits per heavy atom. The molecule has 0 aliphatic rings. The van der Waals surface area contributed by atoms with Crippen molar-refractivity contribution in [2.24, 2.45) is 0 Å². The number of nitrogens with zero attached hydrogens (tertiary/aromatic N) is 3. The van der Waals surface area contributed by atoms with Crippen molar-refractivity contribution in [2.75, 3.05) is 11.9 Å². The van der Waals surface area contributed by atoms with Gasteiger partial charge >= 0.3 is 0 Å². The Morgan fingerprint density at radius 2 is 1.89 bits per heavy atom. The quantitative estimate of drug-likeness (QED) is 0.790. The van der Waals surface area contributed by atoms with Gasteiger partial charge in [0, 0.05) is 12.6 Å². The van der Waals surface area contributed by atoms with Crippen LogP contribution in [0, 0.1) is 5.82 Å². The highest BCUT2D eigenvalue weighted by atomic mass is 35.5. The predicted molar refractivity (Wildman–Crippen MR) is 75.6 cm³/mol. The molecule has 2 rings (SSSR count). The number of rotatable bonds is 3. The molecule has 0 saturated carbocycles. The average molecular weight is 280 g/mol. The van der Waals surface area contributed by atoms with Crippen LogP contribution in [0.15, 0.2) is 30.6 Å². The molecular formula is C14H15ClFN3. The van der Waals surface area contributed by atoms with Gasteiger partial charge in [-0.25, -0.2) is 14.4 Å². The van der Waals surface area contributed by atoms with Gasteiger partial charge in [0.25, 0.3) is 0 Å². The van der Waals surface area contributed by atoms with Crippen LogP contribution in [0.5, 0.6) is 0 Å². The van der Waals surface area contributed by atoms with Crippen LogP contribution in [0.4, 0.5) is 15.9 Å². The van der Waals surface area contributed by atoms with Gasteiger partial charge in [-0.1, -0.05) is 37.6 Å². The van der Waals surface area contributed by atoms with Crippen LogP contribution in [-0.2, 0) is 0 Å². The summed E-state index contributed by atoms with van der Waals surface area (Å²) in [5.74, 6) is 0.479. The van der Waals surface area contributed by atoms with Crippen LogP contribution in [-0.4, -0.2) is 17.0 Å². The molecule has 0 fully saturated rings. The molecule has 0 aliphatic carbocycles. The monoisotopic (exact) mass is 279 g/mol. The number of halogens is 2. The summed E-state index contributed by atoms with van der Waals surface area (Å²) in [5.41, 5.74) is 1.27. The molecule has 100 valence electrons. The summed E-state index contributed by atoms with van der Waals surface area (Å²) in [6.45, 7) is 4.01. The summed E-state index contributed by atoms with van der Waals surface area (Å²) in [6, 6.07) is 6.56. The van der Waals surface area contributed by atoms with Gasteiger partial charge < -0.3 is 4.90 Å². The van der Waals surface area contributed by atoms with E-state index in [-0.39, 0.29) is 11.7 Å². The molecule has 5 heteroatoms. The van der Waals surface area contributed by atoms with Crippen molar-refractivity contribution in [3.8, 4) is 0 Å². The first-order valence-corrected chi connectivity index (χ1v) is 6.38. The van der Waals surface area contributed by atoms with Gasteiger partial charge in [-0.05, 0) is 18.1 Å². The van der Waals surface area contributed by atoms with E-state index in [1.54, 1.807) is 30.1 Å². The zero-order valence-electron chi connectivity index (χ0n) is 11.1. The zero-order valence-corrected chi connectivity index (χ0v) is 11.8. The third-order valence-electron chi connectivity index (χ3n) is 2.92. The predicted octanol–water partition coefficient (Wildman–Crippen LogP) is 4.16. The third kappa shape index (κ3) is 2.68. The van der Waals surface area contributed by atoms with Gasteiger partial charge in [0.05, 0.1) is 5.69 Å². The van der Waals surface area contributed by atoms with Crippen LogP contribution >= 0.6 is 11.6 Å². The Kier molecular flexibility index (Phi) is 4.00. The van der Waals surface area contributed by atoms with Crippen LogP contribution in [0.1, 0.15) is 25.3 Å². The van der Waals surface area contributed by atoms with Crippen molar-refractivity contribution < 1.29 is 4.39 Å². The maximum Gasteiger partial charge on any atom is 0.146 e. The van der Waals surface area contributed by atoms with Crippen molar-refractivity contribution in [1.82, 2.24) is 9.97 Å². The molecule has 19 heavy (non-hydrogen) atoms. The van der Waals surface area contributed by atoms with E-state index in [0.29, 0.717) is 16.7 Å². The molecule has 2 aromatic rings. The summed E-state index contributed by atoms with van der Waals surface area (Å²) in [6.07, 6.45) is 1.39. The molecular weight excluding hydrogens is 265 g/mol. The molecule has 1 aromatic heterocycles. The van der Waals surface area contributed by atoms with Crippen LogP contribution in [0.2, 0.25) is 5.15 Å². The number of anilines is 2. The van der Waals surface area contributed by atoms with Gasteiger partial charge in [-0.2, -0.15) is 0 Å². The lowest BCUT2D eigenvalue weighted by molar-refractivity contribution is 0.627. The van der Waals surface area contributed by atoms with E-state index in [4.69, 9.17) is 11.6 Å². The first kappa shape index (κ1) is 13.7. The minimum atomic E-state index is -0.297. The molecule has 0 radical (unpaired) electrons. The molecule has 0 N–H and O–H groups in total. The fraction of sp³-hybridized carbons (Fsp3) is 0.286. The summed E-state index contributed by atoms with van der Waals surface area (Å²) in [7, 11) is 1.77. The van der Waals surface area contributed by atoms with Crippen LogP contribution < -0.4 is 4.90 Å². The van der Waals surface area contributed by atoms with E-state index in [9.17, 15) is 4.39 Å². The average Bonchev–Trinajstić information content (AvgIpc) is 2.37. The lowest BCUT2D eigenvalue weighted by Crippen LogP contribution is -2.16. The molecule has 1 aromatic carbocycles. The van der Waals surface area contributed by atoms with Crippen molar-refractivity contribution in [3.05, 3.63) is 47.1 Å². The minimum absolute atomic E-state index is 0.151. The minimum Gasteiger partial charge on any atom is -0.327 e. The second kappa shape index (κ2) is 5.53. The standard InChI is InChI=1S/C14H15ClFN3/c1-9(2)12-13(15)17-8-18-14(12)19(3)11-7-5-4-6-10(11)16/h4-9H,1-3H3. The van der Waals surface area contributed by atoms with E-state index in [1.807, 2.05) is 13.8 Å². The molecule has 0 bridgehead atoms. The highest BCUT2D eigenvalue weighted by Gasteiger charge is 2.19. The summed E-state index contributed by atoms with van der Waals surface area (Å²) < 4.78 is 13.8. The SMILES string of the molecule is CC(C)c1c(Cl)ncnc1N(C)c1ccccc1F. The molecule has 3 nitrogen and oxygen atoms in total. The van der Waals surface area contributed by atoms with Crippen molar-refractivity contribution in [1.29, 1.82) is 0 Å². The van der Waals surface area contributed by atoms with Gasteiger partial charge in [-0.15, -0.1) is 0 Å². The Hall–Kier alpha value is -1.68. The Labute approximate surface area is 117 Å². The molecule has 0 spiro atoms. The number of benzene rings is 1. The van der Waals surface area contributed by atoms with E-state index >= 15 is 0 Å². The molecule has 1 heterocycles. The van der Waals surface area contributed by atoms with Gasteiger partial charge in [0.1, 0.15) is 23.1 Å². The Morgan fingerprint density at radius 3 is 2.53 bits per heavy atom. The fourth-order valence-electron chi connectivity index (χ4n) is 1.97. The normalized spacial score (nSPS) is 10.8. The van der Waals surface area contributed by atoms with E-state index in [2.05, 4.69) is 9.97 Å². The van der Waals surface area contributed by atoms with Gasteiger partial charge in [-0.3, -0.25) is 0 Å². The topological polar surface area (TPSA) is 29.0 Å². The number of hydrogen-bond donors (Lipinski definition) is 0. The fourth-order valence-corrected chi connectivity index (χ4v) is 2.31. The van der Waals surface area contributed by atoms with E-state index in [1.165, 1.54) is 12.4 Å². The summed E-state index contributed by atoms with van der Waals surface area (Å²) in [5, 5.41) is 0.406. The molecule has 0 amide bonds. The molecule has 0 atom stereocenters. The zero-order chi connectivity index (χ0) is 14.0. The number of para-hydroxylation sites is 1. The van der Waals surface area contributed by atoms with E-state index < -0.39 is 0 Å². The van der Waals surface area contributed by atoms with Crippen LogP contribution in [0.25, 0.3) is 0 Å². The van der Waals surface area contributed by atoms with Crippen molar-refractivity contribution in [2.45, 2.75) is 19.8 Å². The Bertz CT molecular complexity index is 587. The summed E-state index contributed by atoms with van der Waals surface area (Å²) in [4.78, 5) is 9.93. The van der Waals surface area contributed by atoms with Gasteiger partial charge in [0.15, 0.2) is 0 Å². The number of hydrogen-bond acceptors (Lipinski definition) is 3. The van der Waals surface area contributed by atoms with Gasteiger partial charge in [0.2, 0.25) is 0 Å². The smallest absolute Gasteiger partial charge is 0.146 e. The first-order valence-electron chi connectivity index (χ1n) is 6.01. The number of aromatic nitrogens is 2. The molecule has 0 saturated heterocycles.